The molecule has 1 aromatic heterocycles. The van der Waals surface area contributed by atoms with Gasteiger partial charge in [-0.2, -0.15) is 0 Å². The van der Waals surface area contributed by atoms with E-state index < -0.39 is 17.1 Å². The quantitative estimate of drug-likeness (QED) is 0.110. The highest BCUT2D eigenvalue weighted by Gasteiger charge is 2.23. The van der Waals surface area contributed by atoms with E-state index >= 15 is 0 Å². The van der Waals surface area contributed by atoms with Crippen molar-refractivity contribution in [3.63, 3.8) is 0 Å². The van der Waals surface area contributed by atoms with E-state index in [2.05, 4.69) is 21.1 Å². The van der Waals surface area contributed by atoms with Crippen molar-refractivity contribution >= 4 is 58.7 Å². The maximum atomic E-state index is 13.4. The standard InChI is InChI=1S/C34H27ClN4O4S/c1-22-20-30(39-43-22)38-34(42)31(24-8-4-2-5-9-24)44-28-18-16-27(17-19-28)36-33(41)29(21-23-12-14-26(35)15-13-23)37-32(40)25-10-6-3-7-11-25/h2-21,31H,1H3,(H,36,41)(H,37,40)(H,38,39,42)/b29-21-. The van der Waals surface area contributed by atoms with Crippen molar-refractivity contribution in [1.82, 2.24) is 10.5 Å². The first-order valence-electron chi connectivity index (χ1n) is 13.5. The number of benzene rings is 4. The van der Waals surface area contributed by atoms with E-state index in [9.17, 15) is 14.4 Å². The van der Waals surface area contributed by atoms with Crippen molar-refractivity contribution in [3.8, 4) is 0 Å². The molecule has 4 aromatic carbocycles. The van der Waals surface area contributed by atoms with Crippen LogP contribution in [0.15, 0.2) is 130 Å². The van der Waals surface area contributed by atoms with Crippen LogP contribution >= 0.6 is 23.4 Å². The van der Waals surface area contributed by atoms with Gasteiger partial charge in [-0.05, 0) is 72.7 Å². The molecule has 44 heavy (non-hydrogen) atoms. The molecule has 0 aliphatic carbocycles. The van der Waals surface area contributed by atoms with E-state index in [1.807, 2.05) is 48.5 Å². The highest BCUT2D eigenvalue weighted by Crippen LogP contribution is 2.36. The van der Waals surface area contributed by atoms with Crippen LogP contribution in [0.5, 0.6) is 0 Å². The Hall–Kier alpha value is -5.12. The molecule has 3 amide bonds. The lowest BCUT2D eigenvalue weighted by Crippen LogP contribution is -2.30. The van der Waals surface area contributed by atoms with Crippen LogP contribution in [0, 0.1) is 6.92 Å². The second-order valence-electron chi connectivity index (χ2n) is 9.63. The minimum Gasteiger partial charge on any atom is -0.360 e. The number of aryl methyl sites for hydroxylation is 1. The van der Waals surface area contributed by atoms with E-state index in [1.54, 1.807) is 79.7 Å². The highest BCUT2D eigenvalue weighted by molar-refractivity contribution is 8.00. The number of carbonyl (C=O) groups is 3. The number of nitrogens with zero attached hydrogens (tertiary/aromatic N) is 1. The summed E-state index contributed by atoms with van der Waals surface area (Å²) < 4.78 is 5.07. The minimum absolute atomic E-state index is 0.0588. The lowest BCUT2D eigenvalue weighted by molar-refractivity contribution is -0.116. The van der Waals surface area contributed by atoms with Gasteiger partial charge in [-0.15, -0.1) is 11.8 Å². The normalized spacial score (nSPS) is 11.8. The number of carbonyl (C=O) groups excluding carboxylic acids is 3. The largest absolute Gasteiger partial charge is 0.360 e. The molecule has 220 valence electrons. The summed E-state index contributed by atoms with van der Waals surface area (Å²) in [7, 11) is 0. The van der Waals surface area contributed by atoms with Gasteiger partial charge in [0.25, 0.3) is 11.8 Å². The number of amides is 3. The Kier molecular flexibility index (Phi) is 9.91. The molecule has 8 nitrogen and oxygen atoms in total. The molecule has 0 radical (unpaired) electrons. The molecule has 1 heterocycles. The average Bonchev–Trinajstić information content (AvgIpc) is 3.46. The highest BCUT2D eigenvalue weighted by atomic mass is 35.5. The molecule has 5 aromatic rings. The van der Waals surface area contributed by atoms with Gasteiger partial charge in [0, 0.05) is 27.2 Å². The second kappa shape index (κ2) is 14.4. The summed E-state index contributed by atoms with van der Waals surface area (Å²) in [6.45, 7) is 1.75. The van der Waals surface area contributed by atoms with Crippen LogP contribution in [0.3, 0.4) is 0 Å². The summed E-state index contributed by atoms with van der Waals surface area (Å²) in [6.07, 6.45) is 1.58. The molecule has 1 atom stereocenters. The molecule has 0 aliphatic rings. The van der Waals surface area contributed by atoms with Crippen LogP contribution in [-0.2, 0) is 9.59 Å². The third kappa shape index (κ3) is 8.25. The predicted octanol–water partition coefficient (Wildman–Crippen LogP) is 7.52. The van der Waals surface area contributed by atoms with E-state index in [0.29, 0.717) is 33.4 Å². The summed E-state index contributed by atoms with van der Waals surface area (Å²) in [5.41, 5.74) is 2.49. The first-order valence-corrected chi connectivity index (χ1v) is 14.8. The molecular formula is C34H27ClN4O4S. The smallest absolute Gasteiger partial charge is 0.272 e. The number of nitrogens with one attached hydrogen (secondary N) is 3. The molecule has 1 unspecified atom stereocenters. The number of hydrogen-bond acceptors (Lipinski definition) is 6. The van der Waals surface area contributed by atoms with Crippen molar-refractivity contribution in [2.75, 3.05) is 10.6 Å². The Morgan fingerprint density at radius 2 is 1.50 bits per heavy atom. The predicted molar refractivity (Wildman–Crippen MR) is 173 cm³/mol. The van der Waals surface area contributed by atoms with Gasteiger partial charge in [0.2, 0.25) is 5.91 Å². The summed E-state index contributed by atoms with van der Waals surface area (Å²) in [4.78, 5) is 40.3. The molecule has 0 bridgehead atoms. The number of thioether (sulfide) groups is 1. The molecule has 5 rings (SSSR count). The number of hydrogen-bond donors (Lipinski definition) is 3. The van der Waals surface area contributed by atoms with Gasteiger partial charge < -0.3 is 20.5 Å². The summed E-state index contributed by atoms with van der Waals surface area (Å²) in [5.74, 6) is -0.243. The van der Waals surface area contributed by atoms with Gasteiger partial charge in [-0.25, -0.2) is 0 Å². The molecule has 3 N–H and O–H groups in total. The van der Waals surface area contributed by atoms with Gasteiger partial charge in [0.1, 0.15) is 16.7 Å². The van der Waals surface area contributed by atoms with Gasteiger partial charge in [-0.1, -0.05) is 77.4 Å². The number of halogens is 1. The maximum absolute atomic E-state index is 13.4. The van der Waals surface area contributed by atoms with Crippen molar-refractivity contribution in [2.24, 2.45) is 0 Å². The molecule has 0 spiro atoms. The molecular weight excluding hydrogens is 596 g/mol. The summed E-state index contributed by atoms with van der Waals surface area (Å²) >= 11 is 7.37. The Morgan fingerprint density at radius 3 is 2.14 bits per heavy atom. The Bertz CT molecular complexity index is 1770. The third-order valence-corrected chi connectivity index (χ3v) is 7.81. The van der Waals surface area contributed by atoms with Gasteiger partial charge >= 0.3 is 0 Å². The fourth-order valence-corrected chi connectivity index (χ4v) is 5.29. The van der Waals surface area contributed by atoms with Crippen LogP contribution in [0.1, 0.15) is 32.5 Å². The second-order valence-corrected chi connectivity index (χ2v) is 11.2. The molecule has 0 saturated carbocycles. The van der Waals surface area contributed by atoms with Gasteiger partial charge in [0.15, 0.2) is 5.82 Å². The van der Waals surface area contributed by atoms with E-state index in [4.69, 9.17) is 16.1 Å². The van der Waals surface area contributed by atoms with Crippen molar-refractivity contribution < 1.29 is 18.9 Å². The fourth-order valence-electron chi connectivity index (χ4n) is 4.14. The SMILES string of the molecule is Cc1cc(NC(=O)C(Sc2ccc(NC(=O)/C(=C/c3ccc(Cl)cc3)NC(=O)c3ccccc3)cc2)c2ccccc2)no1. The van der Waals surface area contributed by atoms with Crippen LogP contribution in [-0.4, -0.2) is 22.9 Å². The van der Waals surface area contributed by atoms with E-state index in [0.717, 1.165) is 10.5 Å². The molecule has 0 aliphatic heterocycles. The summed E-state index contributed by atoms with van der Waals surface area (Å²) in [6, 6.07) is 33.7. The number of anilines is 2. The topological polar surface area (TPSA) is 113 Å². The Morgan fingerprint density at radius 1 is 0.841 bits per heavy atom. The van der Waals surface area contributed by atoms with Crippen LogP contribution in [0.4, 0.5) is 11.5 Å². The van der Waals surface area contributed by atoms with Crippen molar-refractivity contribution in [3.05, 3.63) is 148 Å². The van der Waals surface area contributed by atoms with Gasteiger partial charge in [-0.3, -0.25) is 14.4 Å². The molecule has 0 saturated heterocycles. The zero-order valence-corrected chi connectivity index (χ0v) is 25.1. The van der Waals surface area contributed by atoms with Gasteiger partial charge in [0.05, 0.1) is 0 Å². The van der Waals surface area contributed by atoms with E-state index in [1.165, 1.54) is 11.8 Å². The summed E-state index contributed by atoms with van der Waals surface area (Å²) in [5, 5.41) is 12.2. The van der Waals surface area contributed by atoms with Crippen LogP contribution in [0.25, 0.3) is 6.08 Å². The fraction of sp³-hybridized carbons (Fsp3) is 0.0588. The van der Waals surface area contributed by atoms with Crippen molar-refractivity contribution in [1.29, 1.82) is 0 Å². The third-order valence-electron chi connectivity index (χ3n) is 6.30. The Balaban J connectivity index is 1.32. The number of rotatable bonds is 10. The lowest BCUT2D eigenvalue weighted by Gasteiger charge is -2.16. The van der Waals surface area contributed by atoms with Crippen LogP contribution < -0.4 is 16.0 Å². The zero-order valence-electron chi connectivity index (χ0n) is 23.5. The first-order chi connectivity index (χ1) is 21.3. The zero-order chi connectivity index (χ0) is 30.9. The van der Waals surface area contributed by atoms with Crippen molar-refractivity contribution in [2.45, 2.75) is 17.1 Å². The average molecular weight is 623 g/mol. The molecule has 10 heteroatoms. The lowest BCUT2D eigenvalue weighted by atomic mass is 10.1. The Labute approximate surface area is 263 Å². The maximum Gasteiger partial charge on any atom is 0.272 e. The molecule has 0 fully saturated rings. The minimum atomic E-state index is -0.573. The monoisotopic (exact) mass is 622 g/mol. The van der Waals surface area contributed by atoms with Crippen LogP contribution in [0.2, 0.25) is 5.02 Å². The first kappa shape index (κ1) is 30.3. The van der Waals surface area contributed by atoms with E-state index in [-0.39, 0.29) is 11.6 Å². The number of aromatic nitrogens is 1.